The lowest BCUT2D eigenvalue weighted by Gasteiger charge is -2.47. The minimum atomic E-state index is -1.10. The molecule has 1 fully saturated rings. The van der Waals surface area contributed by atoms with Gasteiger partial charge in [-0.05, 0) is 29.2 Å². The van der Waals surface area contributed by atoms with Gasteiger partial charge in [-0.1, -0.05) is 11.8 Å². The second-order valence-electron chi connectivity index (χ2n) is 5.98. The summed E-state index contributed by atoms with van der Waals surface area (Å²) in [4.78, 5) is 26.9. The second kappa shape index (κ2) is 6.45. The summed E-state index contributed by atoms with van der Waals surface area (Å²) in [5.74, 6) is 0.0961. The van der Waals surface area contributed by atoms with Crippen molar-refractivity contribution in [3.63, 3.8) is 0 Å². The van der Waals surface area contributed by atoms with Crippen molar-refractivity contribution in [2.45, 2.75) is 11.4 Å². The maximum atomic E-state index is 11.9. The van der Waals surface area contributed by atoms with E-state index in [1.165, 1.54) is 28.4 Å². The largest absolute Gasteiger partial charge is 0.477 e. The third-order valence-electron chi connectivity index (χ3n) is 4.37. The third-order valence-corrected chi connectivity index (χ3v) is 6.44. The fourth-order valence-electron chi connectivity index (χ4n) is 3.01. The van der Waals surface area contributed by atoms with Crippen LogP contribution in [0.25, 0.3) is 0 Å². The monoisotopic (exact) mass is 391 g/mol. The highest BCUT2D eigenvalue weighted by Crippen LogP contribution is 2.40. The van der Waals surface area contributed by atoms with Gasteiger partial charge in [-0.3, -0.25) is 15.1 Å². The standard InChI is InChI=1S/C16H17N5O3S2/c1-19-5-6-20-11(19)3-2-10(18-20)25-7-4-9-8-26-15-12(17)14(22)21(15)13(9)16(23)24/h2-7,12,15,18H,8,17H2,1H3,(H,23,24)/b7-4+/t12-,15+/m1/s1. The molecule has 0 bridgehead atoms. The van der Waals surface area contributed by atoms with Crippen LogP contribution in [0.4, 0.5) is 0 Å². The molecule has 4 aliphatic rings. The van der Waals surface area contributed by atoms with Crippen LogP contribution >= 0.6 is 23.5 Å². The average molecular weight is 391 g/mol. The van der Waals surface area contributed by atoms with Crippen molar-refractivity contribution in [1.82, 2.24) is 20.2 Å². The van der Waals surface area contributed by atoms with Gasteiger partial charge in [0.1, 0.15) is 22.9 Å². The Morgan fingerprint density at radius 2 is 2.27 bits per heavy atom. The lowest BCUT2D eigenvalue weighted by atomic mass is 10.0. The molecule has 1 amide bonds. The van der Waals surface area contributed by atoms with Crippen LogP contribution in [0.5, 0.6) is 0 Å². The molecule has 4 N–H and O–H groups in total. The Labute approximate surface area is 158 Å². The normalized spacial score (nSPS) is 27.2. The zero-order valence-corrected chi connectivity index (χ0v) is 15.5. The first-order valence-corrected chi connectivity index (χ1v) is 9.79. The zero-order chi connectivity index (χ0) is 18.4. The van der Waals surface area contributed by atoms with Crippen molar-refractivity contribution in [3.05, 3.63) is 58.2 Å². The Bertz CT molecular complexity index is 832. The number of nitrogens with one attached hydrogen (secondary N) is 1. The molecule has 1 saturated heterocycles. The lowest BCUT2D eigenvalue weighted by Crippen LogP contribution is -2.68. The first kappa shape index (κ1) is 17.1. The SMILES string of the molecule is CN1C=CN2NC(S/C=C/C3=C(C(=O)O)N4C(=O)[C@@H](N)[C@@H]4SC3)=CC=C12. The van der Waals surface area contributed by atoms with E-state index in [0.29, 0.717) is 11.3 Å². The van der Waals surface area contributed by atoms with Gasteiger partial charge in [0, 0.05) is 25.2 Å². The van der Waals surface area contributed by atoms with E-state index in [9.17, 15) is 14.7 Å². The van der Waals surface area contributed by atoms with Gasteiger partial charge in [0.2, 0.25) is 5.91 Å². The van der Waals surface area contributed by atoms with E-state index in [0.717, 1.165) is 10.9 Å². The molecule has 0 saturated carbocycles. The number of carbonyl (C=O) groups excluding carboxylic acids is 1. The fraction of sp³-hybridized carbons (Fsp3) is 0.250. The molecule has 0 aromatic heterocycles. The predicted octanol–water partition coefficient (Wildman–Crippen LogP) is 0.734. The molecule has 0 spiro atoms. The number of fused-ring (bicyclic) bond motifs is 2. The molecule has 2 atom stereocenters. The van der Waals surface area contributed by atoms with Crippen LogP contribution in [0, 0.1) is 0 Å². The van der Waals surface area contributed by atoms with Crippen molar-refractivity contribution < 1.29 is 14.7 Å². The van der Waals surface area contributed by atoms with Gasteiger partial charge in [-0.2, -0.15) is 0 Å². The summed E-state index contributed by atoms with van der Waals surface area (Å²) in [6.07, 6.45) is 9.58. The Hall–Kier alpha value is -2.30. The van der Waals surface area contributed by atoms with Gasteiger partial charge in [0.25, 0.3) is 0 Å². The number of carboxylic acid groups (broad SMARTS) is 1. The third kappa shape index (κ3) is 2.70. The Morgan fingerprint density at radius 1 is 1.46 bits per heavy atom. The Morgan fingerprint density at radius 3 is 3.04 bits per heavy atom. The number of rotatable bonds is 4. The summed E-state index contributed by atoms with van der Waals surface area (Å²) in [5.41, 5.74) is 9.65. The Kier molecular flexibility index (Phi) is 4.25. The molecule has 0 aliphatic carbocycles. The van der Waals surface area contributed by atoms with Gasteiger partial charge in [-0.25, -0.2) is 9.80 Å². The lowest BCUT2D eigenvalue weighted by molar-refractivity contribution is -0.147. The van der Waals surface area contributed by atoms with E-state index < -0.39 is 12.0 Å². The van der Waals surface area contributed by atoms with Crippen LogP contribution in [-0.2, 0) is 9.59 Å². The summed E-state index contributed by atoms with van der Waals surface area (Å²) in [5, 5.41) is 13.9. The van der Waals surface area contributed by atoms with Crippen LogP contribution in [0.15, 0.2) is 58.2 Å². The molecule has 4 rings (SSSR count). The smallest absolute Gasteiger partial charge is 0.352 e. The molecule has 26 heavy (non-hydrogen) atoms. The van der Waals surface area contributed by atoms with Crippen molar-refractivity contribution in [1.29, 1.82) is 0 Å². The Balaban J connectivity index is 1.49. The van der Waals surface area contributed by atoms with Crippen LogP contribution in [0.2, 0.25) is 0 Å². The molecule has 0 aromatic rings. The summed E-state index contributed by atoms with van der Waals surface area (Å²) in [6, 6.07) is -0.613. The number of β-lactam (4-membered cyclic amide) rings is 1. The molecule has 10 heteroatoms. The summed E-state index contributed by atoms with van der Waals surface area (Å²) in [7, 11) is 1.97. The highest BCUT2D eigenvalue weighted by molar-refractivity contribution is 8.05. The molecule has 0 unspecified atom stereocenters. The van der Waals surface area contributed by atoms with Crippen molar-refractivity contribution in [3.8, 4) is 0 Å². The number of amides is 1. The zero-order valence-electron chi connectivity index (χ0n) is 13.8. The molecule has 4 heterocycles. The summed E-state index contributed by atoms with van der Waals surface area (Å²) < 4.78 is 0. The molecular formula is C16H17N5O3S2. The number of carbonyl (C=O) groups is 2. The number of hydrogen-bond acceptors (Lipinski definition) is 8. The van der Waals surface area contributed by atoms with Crippen molar-refractivity contribution >= 4 is 35.4 Å². The van der Waals surface area contributed by atoms with Crippen LogP contribution in [-0.4, -0.2) is 56.0 Å². The second-order valence-corrected chi connectivity index (χ2v) is 8.03. The molecule has 0 radical (unpaired) electrons. The van der Waals surface area contributed by atoms with E-state index >= 15 is 0 Å². The highest BCUT2D eigenvalue weighted by atomic mass is 32.2. The van der Waals surface area contributed by atoms with Crippen molar-refractivity contribution in [2.75, 3.05) is 12.8 Å². The maximum absolute atomic E-state index is 11.9. The highest BCUT2D eigenvalue weighted by Gasteiger charge is 2.51. The first-order chi connectivity index (χ1) is 12.5. The van der Waals surface area contributed by atoms with Crippen molar-refractivity contribution in [2.24, 2.45) is 5.73 Å². The number of hydrazine groups is 1. The van der Waals surface area contributed by atoms with E-state index in [-0.39, 0.29) is 17.0 Å². The number of carboxylic acids is 1. The number of thioether (sulfide) groups is 2. The topological polar surface area (TPSA) is 102 Å². The van der Waals surface area contributed by atoms with Crippen LogP contribution in [0.3, 0.4) is 0 Å². The molecule has 0 aromatic carbocycles. The minimum absolute atomic E-state index is 0.0363. The number of nitrogens with two attached hydrogens (primary N) is 1. The number of hydrogen-bond donors (Lipinski definition) is 3. The fourth-order valence-corrected chi connectivity index (χ4v) is 4.95. The first-order valence-electron chi connectivity index (χ1n) is 7.86. The van der Waals surface area contributed by atoms with Crippen LogP contribution < -0.4 is 11.2 Å². The average Bonchev–Trinajstić information content (AvgIpc) is 3.00. The minimum Gasteiger partial charge on any atom is -0.477 e. The van der Waals surface area contributed by atoms with E-state index in [4.69, 9.17) is 5.73 Å². The van der Waals surface area contributed by atoms with E-state index in [1.807, 2.05) is 46.9 Å². The number of nitrogens with zero attached hydrogens (tertiary/aromatic N) is 3. The van der Waals surface area contributed by atoms with Gasteiger partial charge < -0.3 is 15.7 Å². The van der Waals surface area contributed by atoms with Gasteiger partial charge in [0.05, 0.1) is 5.03 Å². The number of aliphatic carboxylic acids is 1. The quantitative estimate of drug-likeness (QED) is 0.599. The maximum Gasteiger partial charge on any atom is 0.352 e. The van der Waals surface area contributed by atoms with Gasteiger partial charge >= 0.3 is 5.97 Å². The van der Waals surface area contributed by atoms with Gasteiger partial charge in [-0.15, -0.1) is 11.8 Å². The molecule has 136 valence electrons. The van der Waals surface area contributed by atoms with E-state index in [1.54, 1.807) is 6.08 Å². The summed E-state index contributed by atoms with van der Waals surface area (Å²) in [6.45, 7) is 0. The van der Waals surface area contributed by atoms with Gasteiger partial charge in [0.15, 0.2) is 0 Å². The molecular weight excluding hydrogens is 374 g/mol. The number of allylic oxidation sites excluding steroid dienone is 3. The van der Waals surface area contributed by atoms with E-state index in [2.05, 4.69) is 5.43 Å². The predicted molar refractivity (Wildman–Crippen MR) is 101 cm³/mol. The molecule has 4 aliphatic heterocycles. The molecule has 8 nitrogen and oxygen atoms in total. The van der Waals surface area contributed by atoms with Crippen LogP contribution in [0.1, 0.15) is 0 Å². The summed E-state index contributed by atoms with van der Waals surface area (Å²) >= 11 is 2.93.